The Morgan fingerprint density at radius 1 is 1.42 bits per heavy atom. The van der Waals surface area contributed by atoms with E-state index >= 15 is 0 Å². The summed E-state index contributed by atoms with van der Waals surface area (Å²) in [6.45, 7) is -1.24. The summed E-state index contributed by atoms with van der Waals surface area (Å²) in [6.07, 6.45) is -3.72. The Morgan fingerprint density at radius 3 is 2.63 bits per heavy atom. The van der Waals surface area contributed by atoms with E-state index in [1.54, 1.807) is 0 Å². The normalized spacial score (nSPS) is 11.4. The molecule has 0 fully saturated rings. The number of alkyl halides is 4. The molecule has 0 amide bonds. The van der Waals surface area contributed by atoms with Gasteiger partial charge in [0.2, 0.25) is 0 Å². The first-order valence-electron chi connectivity index (χ1n) is 5.34. The molecule has 0 aliphatic carbocycles. The van der Waals surface area contributed by atoms with Crippen molar-refractivity contribution in [2.45, 2.75) is 18.9 Å². The Hall–Kier alpha value is -1.81. The fraction of sp³-hybridized carbons (Fsp3) is 0.417. The molecule has 0 radical (unpaired) electrons. The van der Waals surface area contributed by atoms with Crippen LogP contribution in [-0.2, 0) is 6.54 Å². The maximum atomic E-state index is 12.7. The van der Waals surface area contributed by atoms with E-state index in [1.807, 2.05) is 6.07 Å². The monoisotopic (exact) mass is 276 g/mol. The van der Waals surface area contributed by atoms with Gasteiger partial charge in [0.25, 0.3) is 0 Å². The second-order valence-corrected chi connectivity index (χ2v) is 3.80. The van der Waals surface area contributed by atoms with Crippen LogP contribution in [-0.4, -0.2) is 26.0 Å². The van der Waals surface area contributed by atoms with Gasteiger partial charge in [0.1, 0.15) is 5.75 Å². The van der Waals surface area contributed by atoms with Gasteiger partial charge in [-0.3, -0.25) is 0 Å². The summed E-state index contributed by atoms with van der Waals surface area (Å²) in [6, 6.07) is 6.37. The molecule has 0 atom stereocenters. The van der Waals surface area contributed by atoms with Crippen LogP contribution < -0.4 is 10.1 Å². The van der Waals surface area contributed by atoms with Gasteiger partial charge in [-0.1, -0.05) is 0 Å². The largest absolute Gasteiger partial charge is 0.496 e. The molecule has 0 aliphatic heterocycles. The van der Waals surface area contributed by atoms with Gasteiger partial charge in [0.15, 0.2) is 0 Å². The third-order valence-electron chi connectivity index (χ3n) is 2.40. The van der Waals surface area contributed by atoms with E-state index in [4.69, 9.17) is 10.00 Å². The van der Waals surface area contributed by atoms with Gasteiger partial charge in [0, 0.05) is 12.1 Å². The summed E-state index contributed by atoms with van der Waals surface area (Å²) in [4.78, 5) is 0. The van der Waals surface area contributed by atoms with E-state index in [0.717, 1.165) is 0 Å². The van der Waals surface area contributed by atoms with Gasteiger partial charge in [-0.2, -0.15) is 14.0 Å². The quantitative estimate of drug-likeness (QED) is 0.812. The van der Waals surface area contributed by atoms with Crippen LogP contribution in [0.3, 0.4) is 0 Å². The van der Waals surface area contributed by atoms with Gasteiger partial charge in [-0.15, -0.1) is 0 Å². The lowest BCUT2D eigenvalue weighted by atomic mass is 10.1. The molecular weight excluding hydrogens is 264 g/mol. The molecule has 19 heavy (non-hydrogen) atoms. The Bertz CT molecular complexity index is 471. The molecule has 0 unspecified atom stereocenters. The summed E-state index contributed by atoms with van der Waals surface area (Å²) in [5.41, 5.74) is 0.782. The van der Waals surface area contributed by atoms with Gasteiger partial charge >= 0.3 is 12.3 Å². The molecule has 1 aromatic carbocycles. The second-order valence-electron chi connectivity index (χ2n) is 3.80. The van der Waals surface area contributed by atoms with Gasteiger partial charge in [-0.05, 0) is 18.2 Å². The zero-order chi connectivity index (χ0) is 14.5. The van der Waals surface area contributed by atoms with Crippen molar-refractivity contribution in [1.82, 2.24) is 5.32 Å². The molecule has 0 aromatic heterocycles. The van der Waals surface area contributed by atoms with Crippen molar-refractivity contribution < 1.29 is 22.3 Å². The van der Waals surface area contributed by atoms with Crippen LogP contribution in [0.15, 0.2) is 18.2 Å². The first kappa shape index (κ1) is 15.2. The molecule has 3 nitrogen and oxygen atoms in total. The van der Waals surface area contributed by atoms with Crippen molar-refractivity contribution in [3.05, 3.63) is 29.3 Å². The van der Waals surface area contributed by atoms with Gasteiger partial charge in [0.05, 0.1) is 25.3 Å². The Morgan fingerprint density at radius 2 is 2.11 bits per heavy atom. The molecule has 1 rings (SSSR count). The molecular formula is C12H12F4N2O. The van der Waals surface area contributed by atoms with E-state index in [-0.39, 0.29) is 6.54 Å². The van der Waals surface area contributed by atoms with Crippen LogP contribution >= 0.6 is 0 Å². The van der Waals surface area contributed by atoms with E-state index in [2.05, 4.69) is 5.32 Å². The summed E-state index contributed by atoms with van der Waals surface area (Å²) in [5, 5.41) is 11.0. The van der Waals surface area contributed by atoms with E-state index in [1.165, 1.54) is 25.3 Å². The Kier molecular flexibility index (Phi) is 5.12. The van der Waals surface area contributed by atoms with Crippen molar-refractivity contribution in [2.24, 2.45) is 0 Å². The average molecular weight is 276 g/mol. The van der Waals surface area contributed by atoms with Crippen molar-refractivity contribution in [2.75, 3.05) is 13.7 Å². The first-order valence-corrected chi connectivity index (χ1v) is 5.34. The lowest BCUT2D eigenvalue weighted by Crippen LogP contribution is -2.38. The van der Waals surface area contributed by atoms with E-state index in [9.17, 15) is 17.6 Å². The average Bonchev–Trinajstić information content (AvgIpc) is 2.38. The van der Waals surface area contributed by atoms with E-state index < -0.39 is 18.9 Å². The highest BCUT2D eigenvalue weighted by Crippen LogP contribution is 2.23. The smallest absolute Gasteiger partial charge is 0.319 e. The van der Waals surface area contributed by atoms with Crippen molar-refractivity contribution in [3.63, 3.8) is 0 Å². The summed E-state index contributed by atoms with van der Waals surface area (Å²) < 4.78 is 54.2. The minimum Gasteiger partial charge on any atom is -0.496 e. The molecule has 0 saturated carbocycles. The predicted octanol–water partition coefficient (Wildman–Crippen LogP) is 2.56. The van der Waals surface area contributed by atoms with Gasteiger partial charge in [-0.25, -0.2) is 8.78 Å². The molecule has 1 aromatic rings. The summed E-state index contributed by atoms with van der Waals surface area (Å²) >= 11 is 0. The van der Waals surface area contributed by atoms with Gasteiger partial charge < -0.3 is 10.1 Å². The maximum absolute atomic E-state index is 12.7. The van der Waals surface area contributed by atoms with Crippen molar-refractivity contribution in [1.29, 1.82) is 5.26 Å². The Balaban J connectivity index is 2.70. The fourth-order valence-corrected chi connectivity index (χ4v) is 1.43. The third-order valence-corrected chi connectivity index (χ3v) is 2.40. The fourth-order valence-electron chi connectivity index (χ4n) is 1.43. The zero-order valence-electron chi connectivity index (χ0n) is 10.1. The molecule has 0 heterocycles. The highest BCUT2D eigenvalue weighted by atomic mass is 19.3. The molecule has 0 saturated heterocycles. The molecule has 0 spiro atoms. The number of ether oxygens (including phenoxy) is 1. The summed E-state index contributed by atoms with van der Waals surface area (Å²) in [5.74, 6) is -3.69. The Labute approximate surface area is 107 Å². The zero-order valence-corrected chi connectivity index (χ0v) is 10.1. The number of nitrogens with zero attached hydrogens (tertiary/aromatic N) is 1. The third kappa shape index (κ3) is 4.10. The number of hydrogen-bond donors (Lipinski definition) is 1. The predicted molar refractivity (Wildman–Crippen MR) is 60.4 cm³/mol. The number of halogens is 4. The van der Waals surface area contributed by atoms with Crippen LogP contribution in [0, 0.1) is 11.3 Å². The minimum absolute atomic E-state index is 0.0962. The number of nitriles is 1. The highest BCUT2D eigenvalue weighted by molar-refractivity contribution is 5.41. The van der Waals surface area contributed by atoms with E-state index in [0.29, 0.717) is 16.9 Å². The SMILES string of the molecule is COc1ccc(C#N)cc1CNCC(F)(F)C(F)F. The molecule has 7 heteroatoms. The number of nitrogens with one attached hydrogen (secondary N) is 1. The number of rotatable bonds is 6. The number of hydrogen-bond acceptors (Lipinski definition) is 3. The van der Waals surface area contributed by atoms with Crippen molar-refractivity contribution >= 4 is 0 Å². The topological polar surface area (TPSA) is 45.0 Å². The molecule has 1 N–H and O–H groups in total. The minimum atomic E-state index is -4.08. The van der Waals surface area contributed by atoms with Crippen LogP contribution in [0.1, 0.15) is 11.1 Å². The number of methoxy groups -OCH3 is 1. The van der Waals surface area contributed by atoms with Crippen LogP contribution in [0.4, 0.5) is 17.6 Å². The first-order chi connectivity index (χ1) is 8.90. The molecule has 0 aliphatic rings. The van der Waals surface area contributed by atoms with Crippen LogP contribution in [0.5, 0.6) is 5.75 Å². The van der Waals surface area contributed by atoms with Crippen molar-refractivity contribution in [3.8, 4) is 11.8 Å². The number of benzene rings is 1. The highest BCUT2D eigenvalue weighted by Gasteiger charge is 2.39. The lowest BCUT2D eigenvalue weighted by molar-refractivity contribution is -0.125. The maximum Gasteiger partial charge on any atom is 0.319 e. The standard InChI is InChI=1S/C12H12F4N2O/c1-19-10-3-2-8(5-17)4-9(10)6-18-7-12(15,16)11(13)14/h2-4,11,18H,6-7H2,1H3. The lowest BCUT2D eigenvalue weighted by Gasteiger charge is -2.16. The van der Waals surface area contributed by atoms with Crippen LogP contribution in [0.2, 0.25) is 0 Å². The molecule has 104 valence electrons. The molecule has 0 bridgehead atoms. The second kappa shape index (κ2) is 6.38. The van der Waals surface area contributed by atoms with Crippen LogP contribution in [0.25, 0.3) is 0 Å². The summed E-state index contributed by atoms with van der Waals surface area (Å²) in [7, 11) is 1.39.